The van der Waals surface area contributed by atoms with Crippen molar-refractivity contribution in [1.29, 1.82) is 0 Å². The van der Waals surface area contributed by atoms with Gasteiger partial charge >= 0.3 is 5.00 Å². The number of nitrogens with one attached hydrogen (secondary N) is 1. The van der Waals surface area contributed by atoms with Crippen molar-refractivity contribution in [3.8, 4) is 11.3 Å². The molecule has 7 nitrogen and oxygen atoms in total. The van der Waals surface area contributed by atoms with E-state index in [4.69, 9.17) is 0 Å². The number of carbonyl (C=O) groups is 1. The van der Waals surface area contributed by atoms with Crippen molar-refractivity contribution in [2.45, 2.75) is 4.34 Å². The van der Waals surface area contributed by atoms with Crippen molar-refractivity contribution >= 4 is 50.5 Å². The molecular weight excluding hydrogens is 368 g/mol. The number of aromatic nitrogens is 2. The summed E-state index contributed by atoms with van der Waals surface area (Å²) in [5.74, 6) is -0.115. The van der Waals surface area contributed by atoms with E-state index >= 15 is 0 Å². The van der Waals surface area contributed by atoms with Crippen LogP contribution in [0.4, 0.5) is 10.1 Å². The molecule has 24 heavy (non-hydrogen) atoms. The van der Waals surface area contributed by atoms with Gasteiger partial charge < -0.3 is 5.32 Å². The van der Waals surface area contributed by atoms with Crippen LogP contribution in [-0.4, -0.2) is 26.6 Å². The van der Waals surface area contributed by atoms with E-state index in [1.54, 1.807) is 0 Å². The zero-order valence-electron chi connectivity index (χ0n) is 12.0. The summed E-state index contributed by atoms with van der Waals surface area (Å²) >= 11 is 3.61. The number of thioether (sulfide) groups is 1. The topological polar surface area (TPSA) is 98.0 Å². The van der Waals surface area contributed by atoms with Crippen molar-refractivity contribution in [1.82, 2.24) is 9.97 Å². The predicted molar refractivity (Wildman–Crippen MR) is 95.7 cm³/mol. The first kappa shape index (κ1) is 16.6. The lowest BCUT2D eigenvalue weighted by Gasteiger charge is -1.99. The van der Waals surface area contributed by atoms with E-state index in [-0.39, 0.29) is 21.8 Å². The number of rotatable bonds is 6. The highest BCUT2D eigenvalue weighted by molar-refractivity contribution is 8.01. The van der Waals surface area contributed by atoms with Crippen LogP contribution in [0.2, 0.25) is 0 Å². The summed E-state index contributed by atoms with van der Waals surface area (Å²) in [6, 6.07) is 9.79. The highest BCUT2D eigenvalue weighted by atomic mass is 32.2. The molecule has 1 amide bonds. The lowest BCUT2D eigenvalue weighted by Crippen LogP contribution is -2.13. The average Bonchev–Trinajstić information content (AvgIpc) is 3.23. The summed E-state index contributed by atoms with van der Waals surface area (Å²) in [7, 11) is 0. The number of benzene rings is 1. The van der Waals surface area contributed by atoms with Gasteiger partial charge in [-0.25, -0.2) is 9.97 Å². The molecule has 0 aliphatic rings. The summed E-state index contributed by atoms with van der Waals surface area (Å²) in [6.07, 6.45) is 1.13. The minimum atomic E-state index is -0.539. The Morgan fingerprint density at radius 2 is 2.12 bits per heavy atom. The molecule has 0 atom stereocenters. The molecule has 1 N–H and O–H groups in total. The molecule has 3 aromatic rings. The summed E-state index contributed by atoms with van der Waals surface area (Å²) in [5.41, 5.74) is 1.90. The maximum Gasteiger partial charge on any atom is 0.345 e. The van der Waals surface area contributed by atoms with Gasteiger partial charge in [-0.15, -0.1) is 11.3 Å². The lowest BCUT2D eigenvalue weighted by molar-refractivity contribution is -0.380. The Labute approximate surface area is 148 Å². The Balaban J connectivity index is 1.54. The van der Waals surface area contributed by atoms with Gasteiger partial charge in [0, 0.05) is 10.9 Å². The minimum absolute atomic E-state index is 0.106. The smallest absolute Gasteiger partial charge is 0.301 e. The molecule has 0 unspecified atom stereocenters. The van der Waals surface area contributed by atoms with Gasteiger partial charge in [-0.2, -0.15) is 0 Å². The van der Waals surface area contributed by atoms with Crippen molar-refractivity contribution in [2.75, 3.05) is 11.1 Å². The largest absolute Gasteiger partial charge is 0.345 e. The van der Waals surface area contributed by atoms with E-state index in [9.17, 15) is 14.9 Å². The maximum absolute atomic E-state index is 11.9. The number of hydrogen-bond donors (Lipinski definition) is 1. The monoisotopic (exact) mass is 378 g/mol. The Morgan fingerprint density at radius 1 is 1.33 bits per heavy atom. The van der Waals surface area contributed by atoms with Crippen LogP contribution in [0.5, 0.6) is 0 Å². The molecule has 10 heteroatoms. The van der Waals surface area contributed by atoms with Gasteiger partial charge in [0.2, 0.25) is 5.91 Å². The molecule has 2 aromatic heterocycles. The molecular formula is C14H10N4O3S3. The van der Waals surface area contributed by atoms with Crippen LogP contribution in [-0.2, 0) is 4.79 Å². The number of amides is 1. The summed E-state index contributed by atoms with van der Waals surface area (Å²) < 4.78 is 0.786. The van der Waals surface area contributed by atoms with E-state index in [2.05, 4.69) is 15.3 Å². The minimum Gasteiger partial charge on any atom is -0.301 e. The van der Waals surface area contributed by atoms with Crippen LogP contribution in [0.3, 0.4) is 0 Å². The lowest BCUT2D eigenvalue weighted by atomic mass is 10.2. The van der Waals surface area contributed by atoms with E-state index in [0.717, 1.165) is 33.1 Å². The molecule has 0 spiro atoms. The maximum atomic E-state index is 11.9. The Bertz CT molecular complexity index is 863. The third-order valence-electron chi connectivity index (χ3n) is 2.80. The Hall–Kier alpha value is -2.30. The first-order chi connectivity index (χ1) is 11.6. The number of nitro groups is 1. The normalized spacial score (nSPS) is 10.5. The van der Waals surface area contributed by atoms with E-state index < -0.39 is 4.92 Å². The number of hydrogen-bond acceptors (Lipinski definition) is 8. The Kier molecular flexibility index (Phi) is 5.18. The first-order valence-electron chi connectivity index (χ1n) is 6.65. The average molecular weight is 378 g/mol. The molecule has 3 rings (SSSR count). The van der Waals surface area contributed by atoms with Gasteiger partial charge in [0.15, 0.2) is 9.47 Å². The molecule has 0 saturated heterocycles. The second kappa shape index (κ2) is 7.51. The number of anilines is 1. The van der Waals surface area contributed by atoms with Gasteiger partial charge in [-0.05, 0) is 11.3 Å². The van der Waals surface area contributed by atoms with Crippen LogP contribution < -0.4 is 5.32 Å². The van der Waals surface area contributed by atoms with Crippen LogP contribution in [0.15, 0.2) is 46.2 Å². The predicted octanol–water partition coefficient (Wildman–Crippen LogP) is 3.91. The van der Waals surface area contributed by atoms with Gasteiger partial charge in [-0.3, -0.25) is 14.9 Å². The number of carbonyl (C=O) groups excluding carboxylic acids is 1. The fourth-order valence-corrected chi connectivity index (χ4v) is 4.04. The second-order valence-electron chi connectivity index (χ2n) is 4.46. The zero-order chi connectivity index (χ0) is 16.9. The summed E-state index contributed by atoms with van der Waals surface area (Å²) in [4.78, 5) is 30.2. The molecule has 122 valence electrons. The third-order valence-corrected chi connectivity index (χ3v) is 5.68. The van der Waals surface area contributed by atoms with E-state index in [1.807, 2.05) is 35.7 Å². The van der Waals surface area contributed by atoms with Crippen LogP contribution in [0, 0.1) is 10.1 Å². The summed E-state index contributed by atoms with van der Waals surface area (Å²) in [6.45, 7) is 0. The summed E-state index contributed by atoms with van der Waals surface area (Å²) in [5, 5.41) is 15.2. The molecule has 0 bridgehead atoms. The highest BCUT2D eigenvalue weighted by Crippen LogP contribution is 2.29. The van der Waals surface area contributed by atoms with Crippen molar-refractivity contribution in [2.24, 2.45) is 0 Å². The molecule has 0 saturated carbocycles. The van der Waals surface area contributed by atoms with E-state index in [1.165, 1.54) is 23.1 Å². The van der Waals surface area contributed by atoms with Crippen molar-refractivity contribution in [3.05, 3.63) is 52.0 Å². The third kappa shape index (κ3) is 4.16. The SMILES string of the molecule is O=C(CSc1nc(-c2ccccc2)cs1)Nc1ncc([N+](=O)[O-])s1. The van der Waals surface area contributed by atoms with Crippen LogP contribution in [0.1, 0.15) is 0 Å². The molecule has 0 aliphatic carbocycles. The molecule has 2 heterocycles. The number of thiazole rings is 2. The molecule has 0 fully saturated rings. The molecule has 1 aromatic carbocycles. The quantitative estimate of drug-likeness (QED) is 0.397. The van der Waals surface area contributed by atoms with Gasteiger partial charge in [-0.1, -0.05) is 42.1 Å². The van der Waals surface area contributed by atoms with Gasteiger partial charge in [0.25, 0.3) is 0 Å². The number of nitrogens with zero attached hydrogens (tertiary/aromatic N) is 3. The molecule has 0 aliphatic heterocycles. The zero-order valence-corrected chi connectivity index (χ0v) is 14.5. The fourth-order valence-electron chi connectivity index (χ4n) is 1.76. The Morgan fingerprint density at radius 3 is 2.83 bits per heavy atom. The van der Waals surface area contributed by atoms with Crippen molar-refractivity contribution in [3.63, 3.8) is 0 Å². The molecule has 0 radical (unpaired) electrons. The van der Waals surface area contributed by atoms with Crippen LogP contribution in [0.25, 0.3) is 11.3 Å². The van der Waals surface area contributed by atoms with Gasteiger partial charge in [0.1, 0.15) is 6.20 Å². The van der Waals surface area contributed by atoms with E-state index in [0.29, 0.717) is 0 Å². The second-order valence-corrected chi connectivity index (χ2v) is 7.55. The fraction of sp³-hybridized carbons (Fsp3) is 0.0714. The first-order valence-corrected chi connectivity index (χ1v) is 9.34. The van der Waals surface area contributed by atoms with Crippen LogP contribution >= 0.6 is 34.4 Å². The van der Waals surface area contributed by atoms with Crippen molar-refractivity contribution < 1.29 is 9.72 Å². The van der Waals surface area contributed by atoms with Gasteiger partial charge in [0.05, 0.1) is 16.4 Å². The highest BCUT2D eigenvalue weighted by Gasteiger charge is 2.14. The standard InChI is InChI=1S/C14H10N4O3S3/c19-11(17-13-15-6-12(24-13)18(20)21)8-23-14-16-10(7-22-14)9-4-2-1-3-5-9/h1-7H,8H2,(H,15,17,19).